The lowest BCUT2D eigenvalue weighted by Crippen LogP contribution is -2.29. The molecule has 17 heavy (non-hydrogen) atoms. The van der Waals surface area contributed by atoms with E-state index in [1.165, 1.54) is 0 Å². The predicted molar refractivity (Wildman–Crippen MR) is 66.1 cm³/mol. The quantitative estimate of drug-likeness (QED) is 0.888. The fourth-order valence-corrected chi connectivity index (χ4v) is 1.92. The molecule has 1 aromatic rings. The molecule has 1 aliphatic rings. The minimum atomic E-state index is -0.533. The van der Waals surface area contributed by atoms with Crippen molar-refractivity contribution in [3.8, 4) is 0 Å². The Morgan fingerprint density at radius 3 is 2.47 bits per heavy atom. The van der Waals surface area contributed by atoms with Crippen molar-refractivity contribution < 1.29 is 9.18 Å². The average molecular weight is 277 g/mol. The van der Waals surface area contributed by atoms with Crippen molar-refractivity contribution in [2.45, 2.75) is 18.9 Å². The van der Waals surface area contributed by atoms with E-state index in [1.54, 1.807) is 0 Å². The molecule has 1 amide bonds. The monoisotopic (exact) mass is 276 g/mol. The fraction of sp³-hybridized carbons (Fsp3) is 0.364. The van der Waals surface area contributed by atoms with Gasteiger partial charge in [0.15, 0.2) is 0 Å². The highest BCUT2D eigenvalue weighted by molar-refractivity contribution is 6.39. The van der Waals surface area contributed by atoms with E-state index >= 15 is 0 Å². The number of carbonyl (C=O) groups is 1. The van der Waals surface area contributed by atoms with Crippen molar-refractivity contribution >= 4 is 34.8 Å². The van der Waals surface area contributed by atoms with Gasteiger partial charge in [-0.2, -0.15) is 0 Å². The third kappa shape index (κ3) is 3.56. The highest BCUT2D eigenvalue weighted by Crippen LogP contribution is 2.31. The molecular weight excluding hydrogens is 266 g/mol. The maximum atomic E-state index is 12.9. The Kier molecular flexibility index (Phi) is 3.86. The van der Waals surface area contributed by atoms with Crippen molar-refractivity contribution in [3.05, 3.63) is 28.0 Å². The molecule has 0 spiro atoms. The molecule has 0 aliphatic heterocycles. The topological polar surface area (TPSA) is 41.1 Å². The van der Waals surface area contributed by atoms with Crippen LogP contribution >= 0.6 is 23.2 Å². The summed E-state index contributed by atoms with van der Waals surface area (Å²) in [4.78, 5) is 11.5. The predicted octanol–water partition coefficient (Wildman–Crippen LogP) is 2.82. The van der Waals surface area contributed by atoms with Crippen molar-refractivity contribution in [1.82, 2.24) is 5.32 Å². The van der Waals surface area contributed by atoms with Crippen molar-refractivity contribution in [1.29, 1.82) is 0 Å². The van der Waals surface area contributed by atoms with Gasteiger partial charge in [-0.05, 0) is 25.0 Å². The second-order valence-corrected chi connectivity index (χ2v) is 4.76. The van der Waals surface area contributed by atoms with E-state index in [0.29, 0.717) is 6.04 Å². The molecule has 0 radical (unpaired) electrons. The first kappa shape index (κ1) is 12.6. The number of hydrogen-bond acceptors (Lipinski definition) is 2. The summed E-state index contributed by atoms with van der Waals surface area (Å²) in [6, 6.07) is 2.66. The summed E-state index contributed by atoms with van der Waals surface area (Å²) in [5.74, 6) is -0.776. The van der Waals surface area contributed by atoms with Crippen LogP contribution < -0.4 is 10.6 Å². The zero-order valence-electron chi connectivity index (χ0n) is 8.90. The second kappa shape index (κ2) is 5.21. The maximum Gasteiger partial charge on any atom is 0.238 e. The van der Waals surface area contributed by atoms with Crippen LogP contribution in [0.15, 0.2) is 12.1 Å². The number of anilines is 1. The van der Waals surface area contributed by atoms with E-state index in [0.717, 1.165) is 25.0 Å². The smallest absolute Gasteiger partial charge is 0.238 e. The van der Waals surface area contributed by atoms with Gasteiger partial charge in [0.25, 0.3) is 0 Å². The van der Waals surface area contributed by atoms with E-state index < -0.39 is 5.82 Å². The third-order valence-corrected chi connectivity index (χ3v) is 3.00. The Hall–Kier alpha value is -0.840. The molecule has 3 nitrogen and oxygen atoms in total. The van der Waals surface area contributed by atoms with Crippen LogP contribution in [-0.4, -0.2) is 18.5 Å². The summed E-state index contributed by atoms with van der Waals surface area (Å²) >= 11 is 11.6. The van der Waals surface area contributed by atoms with Crippen LogP contribution in [0.2, 0.25) is 10.0 Å². The van der Waals surface area contributed by atoms with Crippen LogP contribution in [0.4, 0.5) is 10.1 Å². The maximum absolute atomic E-state index is 12.9. The number of hydrogen-bond donors (Lipinski definition) is 2. The molecule has 0 bridgehead atoms. The molecule has 0 aromatic heterocycles. The molecule has 92 valence electrons. The largest absolute Gasteiger partial charge is 0.322 e. The van der Waals surface area contributed by atoms with Gasteiger partial charge < -0.3 is 10.6 Å². The van der Waals surface area contributed by atoms with Crippen LogP contribution in [0, 0.1) is 5.82 Å². The molecule has 2 rings (SSSR count). The standard InChI is InChI=1S/C11H11Cl2FN2O/c12-8-3-6(14)4-9(13)11(8)16-10(17)5-15-7-1-2-7/h3-4,7,15H,1-2,5H2,(H,16,17). The van der Waals surface area contributed by atoms with Gasteiger partial charge in [-0.15, -0.1) is 0 Å². The Morgan fingerprint density at radius 1 is 1.35 bits per heavy atom. The second-order valence-electron chi connectivity index (χ2n) is 3.95. The van der Waals surface area contributed by atoms with E-state index in [9.17, 15) is 9.18 Å². The molecule has 1 aliphatic carbocycles. The Morgan fingerprint density at radius 2 is 1.94 bits per heavy atom. The molecule has 0 heterocycles. The van der Waals surface area contributed by atoms with E-state index in [-0.39, 0.29) is 28.2 Å². The zero-order chi connectivity index (χ0) is 12.4. The highest BCUT2D eigenvalue weighted by Gasteiger charge is 2.21. The van der Waals surface area contributed by atoms with E-state index in [1.807, 2.05) is 0 Å². The lowest BCUT2D eigenvalue weighted by molar-refractivity contribution is -0.115. The average Bonchev–Trinajstić information content (AvgIpc) is 3.04. The number of nitrogens with one attached hydrogen (secondary N) is 2. The molecule has 0 atom stereocenters. The van der Waals surface area contributed by atoms with Crippen LogP contribution in [-0.2, 0) is 4.79 Å². The number of benzene rings is 1. The molecule has 0 saturated heterocycles. The lowest BCUT2D eigenvalue weighted by Gasteiger charge is -2.09. The SMILES string of the molecule is O=C(CNC1CC1)Nc1c(Cl)cc(F)cc1Cl. The summed E-state index contributed by atoms with van der Waals surface area (Å²) in [6.45, 7) is 0.203. The van der Waals surface area contributed by atoms with Gasteiger partial charge in [-0.25, -0.2) is 4.39 Å². The third-order valence-electron chi connectivity index (χ3n) is 2.40. The van der Waals surface area contributed by atoms with E-state index in [4.69, 9.17) is 23.2 Å². The van der Waals surface area contributed by atoms with Gasteiger partial charge in [-0.3, -0.25) is 4.79 Å². The van der Waals surface area contributed by atoms with Crippen LogP contribution in [0.1, 0.15) is 12.8 Å². The number of rotatable bonds is 4. The number of amides is 1. The minimum absolute atomic E-state index is 0.0924. The summed E-state index contributed by atoms with van der Waals surface area (Å²) < 4.78 is 12.9. The van der Waals surface area contributed by atoms with Crippen molar-refractivity contribution in [2.24, 2.45) is 0 Å². The molecular formula is C11H11Cl2FN2O. The normalized spacial score (nSPS) is 14.8. The van der Waals surface area contributed by atoms with E-state index in [2.05, 4.69) is 10.6 Å². The first-order valence-electron chi connectivity index (χ1n) is 5.24. The molecule has 1 saturated carbocycles. The van der Waals surface area contributed by atoms with Gasteiger partial charge in [0.2, 0.25) is 5.91 Å². The van der Waals surface area contributed by atoms with Crippen LogP contribution in [0.3, 0.4) is 0 Å². The molecule has 1 fully saturated rings. The Balaban J connectivity index is 1.99. The van der Waals surface area contributed by atoms with Gasteiger partial charge in [0.1, 0.15) is 5.82 Å². The summed E-state index contributed by atoms with van der Waals surface area (Å²) in [7, 11) is 0. The number of carbonyl (C=O) groups excluding carboxylic acids is 1. The van der Waals surface area contributed by atoms with Crippen molar-refractivity contribution in [3.63, 3.8) is 0 Å². The summed E-state index contributed by atoms with van der Waals surface area (Å²) in [6.07, 6.45) is 2.21. The zero-order valence-corrected chi connectivity index (χ0v) is 10.4. The fourth-order valence-electron chi connectivity index (χ4n) is 1.37. The van der Waals surface area contributed by atoms with Crippen LogP contribution in [0.5, 0.6) is 0 Å². The lowest BCUT2D eigenvalue weighted by atomic mass is 10.3. The molecule has 2 N–H and O–H groups in total. The highest BCUT2D eigenvalue weighted by atomic mass is 35.5. The van der Waals surface area contributed by atoms with Gasteiger partial charge in [-0.1, -0.05) is 23.2 Å². The first-order chi connectivity index (χ1) is 8.06. The summed E-state index contributed by atoms with van der Waals surface area (Å²) in [5.41, 5.74) is 0.248. The van der Waals surface area contributed by atoms with Gasteiger partial charge in [0, 0.05) is 6.04 Å². The van der Waals surface area contributed by atoms with Crippen LogP contribution in [0.25, 0.3) is 0 Å². The van der Waals surface area contributed by atoms with Gasteiger partial charge >= 0.3 is 0 Å². The molecule has 0 unspecified atom stereocenters. The Labute approximate surface area is 108 Å². The van der Waals surface area contributed by atoms with Gasteiger partial charge in [0.05, 0.1) is 22.3 Å². The number of halogens is 3. The Bertz CT molecular complexity index is 426. The summed E-state index contributed by atoms with van der Waals surface area (Å²) in [5, 5.41) is 5.80. The first-order valence-corrected chi connectivity index (χ1v) is 5.99. The minimum Gasteiger partial charge on any atom is -0.322 e. The van der Waals surface area contributed by atoms with Crippen molar-refractivity contribution in [2.75, 3.05) is 11.9 Å². The molecule has 1 aromatic carbocycles. The molecule has 6 heteroatoms.